The van der Waals surface area contributed by atoms with Gasteiger partial charge in [0.15, 0.2) is 12.5 Å². The standard InChI is InChI=1S/C32H37N5O10/c38-25(18-34-31(41)44-19-21-9-3-1-4-10-21)33-17-23-27(39)28(47-26-13-7-8-16-43-26)29(46-23)37-15-14-24(35-30(37)40)36-32(42)45-20-22-11-5-2-6-12-22/h1-6,9-12,14-15,23,26-29,39H,7-8,13,16-20H2,(H,33,38)(H,34,41)(H,35,36,40,42)/t23-,26?,27-,28-,29-/m1/s1. The topological polar surface area (TPSA) is 189 Å². The van der Waals surface area contributed by atoms with Gasteiger partial charge in [-0.2, -0.15) is 4.98 Å². The van der Waals surface area contributed by atoms with E-state index >= 15 is 0 Å². The van der Waals surface area contributed by atoms with Crippen LogP contribution in [0.5, 0.6) is 0 Å². The van der Waals surface area contributed by atoms with E-state index in [1.54, 1.807) is 24.3 Å². The van der Waals surface area contributed by atoms with Crippen molar-refractivity contribution in [3.63, 3.8) is 0 Å². The molecule has 4 N–H and O–H groups in total. The molecule has 47 heavy (non-hydrogen) atoms. The van der Waals surface area contributed by atoms with Crippen molar-refractivity contribution in [1.82, 2.24) is 20.2 Å². The first-order chi connectivity index (χ1) is 22.9. The van der Waals surface area contributed by atoms with E-state index < -0.39 is 54.6 Å². The van der Waals surface area contributed by atoms with Gasteiger partial charge in [-0.25, -0.2) is 14.4 Å². The van der Waals surface area contributed by atoms with Crippen LogP contribution in [0.1, 0.15) is 36.6 Å². The number of aromatic nitrogens is 2. The maximum atomic E-state index is 13.1. The molecule has 0 saturated carbocycles. The van der Waals surface area contributed by atoms with Gasteiger partial charge in [0.2, 0.25) is 5.91 Å². The Morgan fingerprint density at radius 1 is 0.915 bits per heavy atom. The van der Waals surface area contributed by atoms with Crippen LogP contribution in [0, 0.1) is 0 Å². The maximum absolute atomic E-state index is 13.1. The number of nitrogens with one attached hydrogen (secondary N) is 3. The number of anilines is 1. The van der Waals surface area contributed by atoms with Gasteiger partial charge in [0.05, 0.1) is 6.54 Å². The Kier molecular flexibility index (Phi) is 11.9. The SMILES string of the molecule is O=C(CNC(=O)OCc1ccccc1)NC[C@H]1O[C@@H](n2ccc(NC(=O)OCc3ccccc3)nc2=O)[C@H](OC2CCCCO2)[C@@H]1O. The average molecular weight is 652 g/mol. The molecule has 3 amide bonds. The molecule has 2 aliphatic rings. The van der Waals surface area contributed by atoms with E-state index in [4.69, 9.17) is 23.7 Å². The Balaban J connectivity index is 1.17. The Bertz CT molecular complexity index is 1530. The number of carbonyl (C=O) groups is 3. The lowest BCUT2D eigenvalue weighted by Gasteiger charge is -2.29. The van der Waals surface area contributed by atoms with Crippen LogP contribution in [0.4, 0.5) is 15.4 Å². The van der Waals surface area contributed by atoms with Crippen LogP contribution in [0.25, 0.3) is 0 Å². The number of hydrogen-bond acceptors (Lipinski definition) is 11. The number of aliphatic hydroxyl groups is 1. The Hall–Kier alpha value is -4.83. The molecule has 0 bridgehead atoms. The number of nitrogens with zero attached hydrogens (tertiary/aromatic N) is 2. The van der Waals surface area contributed by atoms with E-state index in [0.29, 0.717) is 13.0 Å². The van der Waals surface area contributed by atoms with Crippen molar-refractivity contribution in [2.75, 3.05) is 25.0 Å². The molecule has 2 fully saturated rings. The lowest BCUT2D eigenvalue weighted by molar-refractivity contribution is -0.215. The third-order valence-electron chi connectivity index (χ3n) is 7.41. The second-order valence-corrected chi connectivity index (χ2v) is 10.9. The summed E-state index contributed by atoms with van der Waals surface area (Å²) in [5.74, 6) is -0.600. The summed E-state index contributed by atoms with van der Waals surface area (Å²) in [6.45, 7) is 0.0418. The summed E-state index contributed by atoms with van der Waals surface area (Å²) in [6, 6.07) is 19.6. The monoisotopic (exact) mass is 651 g/mol. The van der Waals surface area contributed by atoms with E-state index in [9.17, 15) is 24.3 Å². The molecule has 3 heterocycles. The number of carbonyl (C=O) groups excluding carboxylic acids is 3. The molecule has 2 aromatic carbocycles. The van der Waals surface area contributed by atoms with Crippen molar-refractivity contribution in [2.45, 2.75) is 63.3 Å². The molecule has 0 aliphatic carbocycles. The van der Waals surface area contributed by atoms with Crippen molar-refractivity contribution >= 4 is 23.9 Å². The molecule has 0 spiro atoms. The van der Waals surface area contributed by atoms with Gasteiger partial charge < -0.3 is 39.4 Å². The van der Waals surface area contributed by atoms with E-state index in [1.165, 1.54) is 12.3 Å². The Labute approximate surface area is 270 Å². The summed E-state index contributed by atoms with van der Waals surface area (Å²) in [5.41, 5.74) is 0.800. The summed E-state index contributed by atoms with van der Waals surface area (Å²) in [4.78, 5) is 53.7. The first-order valence-corrected chi connectivity index (χ1v) is 15.2. The first-order valence-electron chi connectivity index (χ1n) is 15.2. The van der Waals surface area contributed by atoms with Crippen LogP contribution < -0.4 is 21.6 Å². The fraction of sp³-hybridized carbons (Fsp3) is 0.406. The minimum atomic E-state index is -1.27. The lowest BCUT2D eigenvalue weighted by atomic mass is 10.1. The predicted octanol–water partition coefficient (Wildman–Crippen LogP) is 2.20. The number of amides is 3. The molecule has 5 rings (SSSR count). The fourth-order valence-corrected chi connectivity index (χ4v) is 4.99. The maximum Gasteiger partial charge on any atom is 0.413 e. The van der Waals surface area contributed by atoms with Crippen molar-refractivity contribution in [1.29, 1.82) is 0 Å². The number of ether oxygens (including phenoxy) is 5. The second kappa shape index (κ2) is 16.6. The fourth-order valence-electron chi connectivity index (χ4n) is 4.99. The zero-order valence-corrected chi connectivity index (χ0v) is 25.5. The third kappa shape index (κ3) is 9.83. The summed E-state index contributed by atoms with van der Waals surface area (Å²) in [7, 11) is 0. The van der Waals surface area contributed by atoms with Gasteiger partial charge >= 0.3 is 17.9 Å². The van der Waals surface area contributed by atoms with Gasteiger partial charge in [-0.15, -0.1) is 0 Å². The molecule has 1 aromatic heterocycles. The summed E-state index contributed by atoms with van der Waals surface area (Å²) in [5, 5.41) is 18.6. The largest absolute Gasteiger partial charge is 0.445 e. The highest BCUT2D eigenvalue weighted by Gasteiger charge is 2.47. The molecule has 5 atom stereocenters. The lowest BCUT2D eigenvalue weighted by Crippen LogP contribution is -2.45. The average Bonchev–Trinajstić information content (AvgIpc) is 3.39. The number of rotatable bonds is 12. The van der Waals surface area contributed by atoms with Gasteiger partial charge in [0, 0.05) is 19.3 Å². The molecule has 0 radical (unpaired) electrons. The van der Waals surface area contributed by atoms with Gasteiger partial charge in [-0.3, -0.25) is 14.7 Å². The van der Waals surface area contributed by atoms with Gasteiger partial charge in [-0.1, -0.05) is 60.7 Å². The molecule has 15 heteroatoms. The second-order valence-electron chi connectivity index (χ2n) is 10.9. The first kappa shape index (κ1) is 33.5. The van der Waals surface area contributed by atoms with E-state index in [2.05, 4.69) is 20.9 Å². The summed E-state index contributed by atoms with van der Waals surface area (Å²) < 4.78 is 29.2. The minimum absolute atomic E-state index is 0.0339. The van der Waals surface area contributed by atoms with E-state index in [1.807, 2.05) is 36.4 Å². The number of alkyl carbamates (subject to hydrolysis) is 1. The van der Waals surface area contributed by atoms with Crippen LogP contribution in [0.3, 0.4) is 0 Å². The summed E-state index contributed by atoms with van der Waals surface area (Å²) >= 11 is 0. The minimum Gasteiger partial charge on any atom is -0.445 e. The highest BCUT2D eigenvalue weighted by molar-refractivity contribution is 5.83. The predicted molar refractivity (Wildman–Crippen MR) is 165 cm³/mol. The molecule has 15 nitrogen and oxygen atoms in total. The van der Waals surface area contributed by atoms with Crippen LogP contribution in [-0.4, -0.2) is 77.0 Å². The van der Waals surface area contributed by atoms with Crippen LogP contribution in [0.15, 0.2) is 77.7 Å². The van der Waals surface area contributed by atoms with E-state index in [-0.39, 0.29) is 32.1 Å². The number of aliphatic hydroxyl groups excluding tert-OH is 1. The van der Waals surface area contributed by atoms with Crippen LogP contribution in [-0.2, 0) is 41.7 Å². The molecule has 250 valence electrons. The smallest absolute Gasteiger partial charge is 0.413 e. The number of hydrogen-bond donors (Lipinski definition) is 4. The van der Waals surface area contributed by atoms with Crippen LogP contribution in [0.2, 0.25) is 0 Å². The quantitative estimate of drug-likeness (QED) is 0.225. The van der Waals surface area contributed by atoms with Crippen molar-refractivity contribution in [3.05, 3.63) is 94.5 Å². The highest BCUT2D eigenvalue weighted by Crippen LogP contribution is 2.33. The molecular formula is C32H37N5O10. The Morgan fingerprint density at radius 3 is 2.23 bits per heavy atom. The molecule has 2 aliphatic heterocycles. The van der Waals surface area contributed by atoms with E-state index in [0.717, 1.165) is 28.5 Å². The highest BCUT2D eigenvalue weighted by atomic mass is 16.7. The normalized spacial score (nSPS) is 22.2. The summed E-state index contributed by atoms with van der Waals surface area (Å²) in [6.07, 6.45) is -2.96. The third-order valence-corrected chi connectivity index (χ3v) is 7.41. The zero-order chi connectivity index (χ0) is 33.0. The molecule has 3 aromatic rings. The van der Waals surface area contributed by atoms with Crippen molar-refractivity contribution < 1.29 is 43.2 Å². The number of benzene rings is 2. The molecule has 1 unspecified atom stereocenters. The van der Waals surface area contributed by atoms with Crippen molar-refractivity contribution in [3.8, 4) is 0 Å². The van der Waals surface area contributed by atoms with Gasteiger partial charge in [0.25, 0.3) is 0 Å². The Morgan fingerprint density at radius 2 is 1.60 bits per heavy atom. The molecule has 2 saturated heterocycles. The molecular weight excluding hydrogens is 614 g/mol. The van der Waals surface area contributed by atoms with Crippen molar-refractivity contribution in [2.24, 2.45) is 0 Å². The van der Waals surface area contributed by atoms with Crippen LogP contribution >= 0.6 is 0 Å². The zero-order valence-electron chi connectivity index (χ0n) is 25.5. The van der Waals surface area contributed by atoms with Gasteiger partial charge in [0.1, 0.15) is 37.3 Å². The van der Waals surface area contributed by atoms with Gasteiger partial charge in [-0.05, 0) is 36.5 Å².